The third-order valence-electron chi connectivity index (χ3n) is 12.1. The van der Waals surface area contributed by atoms with E-state index in [4.69, 9.17) is 30.0 Å². The molecule has 290 valence electrons. The van der Waals surface area contributed by atoms with Crippen LogP contribution in [0.15, 0.2) is 73.1 Å². The van der Waals surface area contributed by atoms with Gasteiger partial charge in [-0.1, -0.05) is 50.2 Å². The number of para-hydroxylation sites is 2. The van der Waals surface area contributed by atoms with Gasteiger partial charge < -0.3 is 20.0 Å². The lowest BCUT2D eigenvalue weighted by molar-refractivity contribution is -0.159. The van der Waals surface area contributed by atoms with Gasteiger partial charge in [0, 0.05) is 11.4 Å². The first-order valence-electron chi connectivity index (χ1n) is 20.4. The van der Waals surface area contributed by atoms with Gasteiger partial charge in [-0.2, -0.15) is 10.2 Å². The molecule has 4 aromatic rings. The molecule has 10 nitrogen and oxygen atoms in total. The van der Waals surface area contributed by atoms with E-state index in [9.17, 15) is 0 Å². The zero-order valence-electron chi connectivity index (χ0n) is 32.4. The molecule has 2 atom stereocenters. The molecule has 4 heterocycles. The maximum atomic E-state index is 9.10. The van der Waals surface area contributed by atoms with Gasteiger partial charge in [0.1, 0.15) is 0 Å². The molecule has 10 heteroatoms. The number of likely N-dealkylation sites (tertiary alicyclic amines) is 2. The number of carbonyl (C=O) groups is 2. The van der Waals surface area contributed by atoms with Crippen LogP contribution in [0.1, 0.15) is 112 Å². The van der Waals surface area contributed by atoms with E-state index < -0.39 is 11.9 Å². The first-order valence-corrected chi connectivity index (χ1v) is 20.4. The third-order valence-corrected chi connectivity index (χ3v) is 12.1. The molecule has 0 spiro atoms. The number of carboxylic acids is 2. The molecule has 2 N–H and O–H groups in total. The molecule has 0 radical (unpaired) electrons. The predicted octanol–water partition coefficient (Wildman–Crippen LogP) is 7.98. The molecule has 2 aromatic heterocycles. The normalized spacial score (nSPS) is 20.8. The van der Waals surface area contributed by atoms with E-state index >= 15 is 0 Å². The maximum absolute atomic E-state index is 9.10. The standard InChI is InChI=1S/2C21H29N3.C2H2O4/c2*1-17-10-13-23(14-11-17)15-12-18-6-5-9-21-20(18)16-22-24(21)19-7-3-2-4-8-19;3-1(4)2(5)6/h2*2-4,7-8,16-18H,5-6,9-15H2,1H3;(H,3,4)(H,5,6). The number of aliphatic carboxylic acids is 2. The molecule has 8 rings (SSSR count). The second-order valence-corrected chi connectivity index (χ2v) is 16.0. The zero-order chi connectivity index (χ0) is 37.9. The molecule has 4 aliphatic rings. The molecule has 54 heavy (non-hydrogen) atoms. The van der Waals surface area contributed by atoms with E-state index in [-0.39, 0.29) is 0 Å². The van der Waals surface area contributed by atoms with Gasteiger partial charge in [0.25, 0.3) is 0 Å². The first-order chi connectivity index (χ1) is 26.3. The third kappa shape index (κ3) is 10.5. The number of benzene rings is 2. The quantitative estimate of drug-likeness (QED) is 0.175. The van der Waals surface area contributed by atoms with Crippen molar-refractivity contribution in [2.45, 2.75) is 103 Å². The summed E-state index contributed by atoms with van der Waals surface area (Å²) >= 11 is 0. The lowest BCUT2D eigenvalue weighted by Crippen LogP contribution is -2.34. The van der Waals surface area contributed by atoms with Crippen LogP contribution in [0.25, 0.3) is 11.4 Å². The minimum Gasteiger partial charge on any atom is -0.473 e. The van der Waals surface area contributed by atoms with E-state index in [1.54, 1.807) is 0 Å². The number of piperidine rings is 2. The highest BCUT2D eigenvalue weighted by molar-refractivity contribution is 6.27. The van der Waals surface area contributed by atoms with Crippen molar-refractivity contribution in [3.05, 3.63) is 95.6 Å². The summed E-state index contributed by atoms with van der Waals surface area (Å²) in [6.45, 7) is 12.5. The second kappa shape index (κ2) is 19.4. The summed E-state index contributed by atoms with van der Waals surface area (Å²) in [6.07, 6.45) is 20.0. The number of nitrogens with zero attached hydrogens (tertiary/aromatic N) is 6. The number of rotatable bonds is 8. The highest BCUT2D eigenvalue weighted by atomic mass is 16.4. The van der Waals surface area contributed by atoms with Crippen LogP contribution in [-0.4, -0.2) is 90.8 Å². The first kappa shape index (κ1) is 39.4. The molecule has 2 aliphatic carbocycles. The fourth-order valence-corrected chi connectivity index (χ4v) is 8.73. The Labute approximate surface area is 321 Å². The topological polar surface area (TPSA) is 117 Å². The van der Waals surface area contributed by atoms with Gasteiger partial charge in [0.05, 0.1) is 23.8 Å². The molecule has 2 fully saturated rings. The zero-order valence-corrected chi connectivity index (χ0v) is 32.4. The fourth-order valence-electron chi connectivity index (χ4n) is 8.73. The van der Waals surface area contributed by atoms with Crippen molar-refractivity contribution in [1.82, 2.24) is 29.4 Å². The highest BCUT2D eigenvalue weighted by Crippen LogP contribution is 2.37. The minimum absolute atomic E-state index is 0.700. The summed E-state index contributed by atoms with van der Waals surface area (Å²) in [5.41, 5.74) is 8.31. The van der Waals surface area contributed by atoms with Crippen LogP contribution in [0.5, 0.6) is 0 Å². The Morgan fingerprint density at radius 1 is 0.593 bits per heavy atom. The van der Waals surface area contributed by atoms with Gasteiger partial charge in [-0.15, -0.1) is 0 Å². The van der Waals surface area contributed by atoms with E-state index in [1.807, 2.05) is 0 Å². The average molecular weight is 737 g/mol. The average Bonchev–Trinajstić information content (AvgIpc) is 3.85. The van der Waals surface area contributed by atoms with E-state index in [0.717, 1.165) is 11.8 Å². The fraction of sp³-hybridized carbons (Fsp3) is 0.545. The Morgan fingerprint density at radius 3 is 1.31 bits per heavy atom. The lowest BCUT2D eigenvalue weighted by atomic mass is 9.84. The lowest BCUT2D eigenvalue weighted by Gasteiger charge is -2.32. The molecular formula is C44H60N6O4. The van der Waals surface area contributed by atoms with Crippen molar-refractivity contribution in [2.75, 3.05) is 39.3 Å². The monoisotopic (exact) mass is 736 g/mol. The van der Waals surface area contributed by atoms with Crippen LogP contribution >= 0.6 is 0 Å². The van der Waals surface area contributed by atoms with E-state index in [1.165, 1.54) is 150 Å². The Bertz CT molecular complexity index is 1630. The minimum atomic E-state index is -1.82. The maximum Gasteiger partial charge on any atom is 0.414 e. The second-order valence-electron chi connectivity index (χ2n) is 16.0. The molecule has 0 saturated carbocycles. The molecule has 2 aromatic carbocycles. The van der Waals surface area contributed by atoms with Crippen LogP contribution in [0.2, 0.25) is 0 Å². The van der Waals surface area contributed by atoms with Crippen molar-refractivity contribution in [3.63, 3.8) is 0 Å². The van der Waals surface area contributed by atoms with Crippen molar-refractivity contribution in [2.24, 2.45) is 11.8 Å². The number of aromatic nitrogens is 4. The van der Waals surface area contributed by atoms with Crippen LogP contribution in [-0.2, 0) is 22.4 Å². The molecule has 2 aliphatic heterocycles. The molecule has 0 amide bonds. The van der Waals surface area contributed by atoms with E-state index in [0.29, 0.717) is 11.8 Å². The summed E-state index contributed by atoms with van der Waals surface area (Å²) in [7, 11) is 0. The molecule has 0 bridgehead atoms. The largest absolute Gasteiger partial charge is 0.473 e. The van der Waals surface area contributed by atoms with Crippen molar-refractivity contribution >= 4 is 11.9 Å². The van der Waals surface area contributed by atoms with Gasteiger partial charge in [-0.05, 0) is 175 Å². The van der Waals surface area contributed by atoms with Crippen molar-refractivity contribution in [1.29, 1.82) is 0 Å². The number of carboxylic acid groups (broad SMARTS) is 2. The van der Waals surface area contributed by atoms with Crippen LogP contribution in [0, 0.1) is 11.8 Å². The van der Waals surface area contributed by atoms with Crippen molar-refractivity contribution in [3.8, 4) is 11.4 Å². The van der Waals surface area contributed by atoms with Gasteiger partial charge in [0.15, 0.2) is 0 Å². The Hall–Kier alpha value is -4.28. The number of fused-ring (bicyclic) bond motifs is 2. The smallest absolute Gasteiger partial charge is 0.414 e. The van der Waals surface area contributed by atoms with Gasteiger partial charge in [0.2, 0.25) is 0 Å². The van der Waals surface area contributed by atoms with Gasteiger partial charge in [-0.25, -0.2) is 19.0 Å². The molecular weight excluding hydrogens is 677 g/mol. The summed E-state index contributed by atoms with van der Waals surface area (Å²) in [4.78, 5) is 23.6. The summed E-state index contributed by atoms with van der Waals surface area (Å²) < 4.78 is 4.34. The van der Waals surface area contributed by atoms with E-state index in [2.05, 4.69) is 106 Å². The Kier molecular flexibility index (Phi) is 14.1. The SMILES string of the molecule is CC1CCN(CCC2CCCc3c2cnn3-c2ccccc2)CC1.CC1CCN(CCC2CCCc3c2cnn3-c2ccccc2)CC1.O=C(O)C(=O)O. The summed E-state index contributed by atoms with van der Waals surface area (Å²) in [5, 5.41) is 24.2. The summed E-state index contributed by atoms with van der Waals surface area (Å²) in [5.74, 6) is -0.403. The Morgan fingerprint density at radius 2 is 0.963 bits per heavy atom. The number of hydrogen-bond acceptors (Lipinski definition) is 6. The Balaban J connectivity index is 0.000000160. The van der Waals surface area contributed by atoms with Gasteiger partial charge in [-0.3, -0.25) is 0 Å². The van der Waals surface area contributed by atoms with Gasteiger partial charge >= 0.3 is 11.9 Å². The van der Waals surface area contributed by atoms with Crippen LogP contribution in [0.3, 0.4) is 0 Å². The van der Waals surface area contributed by atoms with Crippen LogP contribution in [0.4, 0.5) is 0 Å². The molecule has 2 saturated heterocycles. The highest BCUT2D eigenvalue weighted by Gasteiger charge is 2.27. The predicted molar refractivity (Wildman–Crippen MR) is 213 cm³/mol. The number of hydrogen-bond donors (Lipinski definition) is 2. The molecule has 2 unspecified atom stereocenters. The summed E-state index contributed by atoms with van der Waals surface area (Å²) in [6, 6.07) is 21.2. The van der Waals surface area contributed by atoms with Crippen LogP contribution < -0.4 is 0 Å². The van der Waals surface area contributed by atoms with Crippen molar-refractivity contribution < 1.29 is 19.8 Å².